The van der Waals surface area contributed by atoms with Gasteiger partial charge in [0.25, 0.3) is 5.91 Å². The number of Topliss-reactive ketones (excluding diaryl/α,β-unsaturated/α-hetero) is 1. The highest BCUT2D eigenvalue weighted by molar-refractivity contribution is 7.80. The maximum Gasteiger partial charge on any atom is 0.418 e. The van der Waals surface area contributed by atoms with Crippen molar-refractivity contribution in [1.29, 1.82) is 0 Å². The number of oxime groups is 1. The van der Waals surface area contributed by atoms with Crippen LogP contribution in [0.15, 0.2) is 40.9 Å². The smallest absolute Gasteiger partial charge is 0.418 e. The van der Waals surface area contributed by atoms with E-state index < -0.39 is 33.5 Å². The van der Waals surface area contributed by atoms with Crippen LogP contribution in [0.25, 0.3) is 10.9 Å². The van der Waals surface area contributed by atoms with Gasteiger partial charge in [0.1, 0.15) is 18.1 Å². The molecule has 236 valence electrons. The number of hydrogen-bond acceptors (Lipinski definition) is 13. The third kappa shape index (κ3) is 7.50. The number of nitrogen functional groups attached to an aromatic ring is 1. The SMILES string of the molecule is CC1(C)C(CC(=O)/C(=N\OCCOc2ccc3nc(CC4CCNCC4)ccc3c2)c2csc(N)n2)C(=O)N1OS(=O)(=O)O. The van der Waals surface area contributed by atoms with Gasteiger partial charge in [-0.1, -0.05) is 11.2 Å². The van der Waals surface area contributed by atoms with Gasteiger partial charge in [-0.2, -0.15) is 13.5 Å². The number of benzene rings is 1. The average molecular weight is 647 g/mol. The maximum atomic E-state index is 13.2. The van der Waals surface area contributed by atoms with E-state index in [9.17, 15) is 18.0 Å². The summed E-state index contributed by atoms with van der Waals surface area (Å²) in [6, 6.07) is 9.77. The van der Waals surface area contributed by atoms with Gasteiger partial charge in [-0.05, 0) is 76.4 Å². The zero-order valence-electron chi connectivity index (χ0n) is 24.3. The van der Waals surface area contributed by atoms with Gasteiger partial charge in [-0.3, -0.25) is 19.1 Å². The zero-order valence-corrected chi connectivity index (χ0v) is 25.9. The van der Waals surface area contributed by atoms with Gasteiger partial charge in [-0.25, -0.2) is 4.98 Å². The molecule has 4 N–H and O–H groups in total. The number of rotatable bonds is 13. The number of aromatic nitrogens is 2. The number of β-lactam (4-membered cyclic amide) rings is 1. The Balaban J connectivity index is 1.17. The first-order chi connectivity index (χ1) is 20.9. The summed E-state index contributed by atoms with van der Waals surface area (Å²) in [4.78, 5) is 40.1. The fourth-order valence-electron chi connectivity index (χ4n) is 5.32. The number of nitrogens with one attached hydrogen (secondary N) is 1. The second-order valence-corrected chi connectivity index (χ2v) is 13.1. The van der Waals surface area contributed by atoms with Crippen LogP contribution in [0.1, 0.15) is 44.5 Å². The van der Waals surface area contributed by atoms with Crippen molar-refractivity contribution in [1.82, 2.24) is 20.3 Å². The number of anilines is 1. The molecule has 4 heterocycles. The number of nitrogens with zero attached hydrogens (tertiary/aromatic N) is 4. The number of fused-ring (bicyclic) bond motifs is 1. The predicted molar refractivity (Wildman–Crippen MR) is 162 cm³/mol. The van der Waals surface area contributed by atoms with E-state index in [4.69, 9.17) is 24.8 Å². The minimum absolute atomic E-state index is 0.00565. The average Bonchev–Trinajstić information content (AvgIpc) is 3.41. The van der Waals surface area contributed by atoms with E-state index in [2.05, 4.69) is 25.8 Å². The summed E-state index contributed by atoms with van der Waals surface area (Å²) in [6.07, 6.45) is 2.97. The molecule has 0 aliphatic carbocycles. The van der Waals surface area contributed by atoms with Crippen LogP contribution in [0.4, 0.5) is 5.13 Å². The second kappa shape index (κ2) is 13.1. The molecule has 1 aromatic carbocycles. The van der Waals surface area contributed by atoms with Crippen molar-refractivity contribution in [2.45, 2.75) is 45.1 Å². The number of ether oxygens (including phenoxy) is 1. The highest BCUT2D eigenvalue weighted by atomic mass is 32.3. The molecule has 2 aliphatic heterocycles. The minimum atomic E-state index is -4.92. The molecule has 3 aromatic rings. The molecule has 2 aliphatic rings. The highest BCUT2D eigenvalue weighted by Gasteiger charge is 2.57. The Labute approximate surface area is 258 Å². The Morgan fingerprint density at radius 1 is 1.20 bits per heavy atom. The highest BCUT2D eigenvalue weighted by Crippen LogP contribution is 2.40. The summed E-state index contributed by atoms with van der Waals surface area (Å²) >= 11 is 1.10. The van der Waals surface area contributed by atoms with Crippen LogP contribution in [0.2, 0.25) is 0 Å². The van der Waals surface area contributed by atoms with Crippen molar-refractivity contribution in [2.24, 2.45) is 17.0 Å². The van der Waals surface area contributed by atoms with E-state index in [1.807, 2.05) is 24.3 Å². The van der Waals surface area contributed by atoms with Gasteiger partial charge in [0.05, 0.1) is 17.0 Å². The summed E-state index contributed by atoms with van der Waals surface area (Å²) in [5.74, 6) is -1.01. The first kappa shape index (κ1) is 31.7. The second-order valence-electron chi connectivity index (χ2n) is 11.2. The number of nitrogens with two attached hydrogens (primary N) is 1. The van der Waals surface area contributed by atoms with Crippen molar-refractivity contribution >= 4 is 55.2 Å². The van der Waals surface area contributed by atoms with Crippen molar-refractivity contribution in [2.75, 3.05) is 32.0 Å². The molecule has 44 heavy (non-hydrogen) atoms. The number of carbonyl (C=O) groups is 2. The molecular weight excluding hydrogens is 612 g/mol. The molecule has 1 amide bonds. The molecule has 16 heteroatoms. The molecule has 0 saturated carbocycles. The summed E-state index contributed by atoms with van der Waals surface area (Å²) in [5.41, 5.74) is 6.56. The lowest BCUT2D eigenvalue weighted by molar-refractivity contribution is -0.228. The van der Waals surface area contributed by atoms with E-state index in [1.165, 1.54) is 19.2 Å². The third-order valence-corrected chi connectivity index (χ3v) is 8.75. The lowest BCUT2D eigenvalue weighted by Gasteiger charge is -2.50. The van der Waals surface area contributed by atoms with Gasteiger partial charge >= 0.3 is 10.4 Å². The maximum absolute atomic E-state index is 13.2. The van der Waals surface area contributed by atoms with Crippen LogP contribution < -0.4 is 15.8 Å². The van der Waals surface area contributed by atoms with Gasteiger partial charge in [0, 0.05) is 22.9 Å². The van der Waals surface area contributed by atoms with Crippen molar-refractivity contribution < 1.29 is 36.4 Å². The molecular formula is C28H34N6O8S2. The number of hydroxylamine groups is 2. The standard InChI is InChI=1S/C28H34N6O8S2/c1-28(2)21(26(36)34(28)42-44(37,38)39)15-24(35)25(23-16-43-27(29)32-23)33-41-12-11-40-20-5-6-22-18(14-20)3-4-19(31-22)13-17-7-9-30-10-8-17/h3-6,14,16-17,21,30H,7-13,15H2,1-2H3,(H2,29,32)(H,37,38,39)/b33-25-. The van der Waals surface area contributed by atoms with Gasteiger partial charge < -0.3 is 20.6 Å². The quantitative estimate of drug-likeness (QED) is 0.0808. The summed E-state index contributed by atoms with van der Waals surface area (Å²) in [7, 11) is -4.92. The third-order valence-electron chi connectivity index (χ3n) is 7.74. The van der Waals surface area contributed by atoms with E-state index >= 15 is 0 Å². The molecule has 1 atom stereocenters. The monoisotopic (exact) mass is 646 g/mol. The molecule has 2 aromatic heterocycles. The largest absolute Gasteiger partial charge is 0.490 e. The number of amides is 1. The van der Waals surface area contributed by atoms with Gasteiger partial charge in [-0.15, -0.1) is 15.6 Å². The topological polar surface area (TPSA) is 196 Å². The summed E-state index contributed by atoms with van der Waals surface area (Å²) in [5, 5.41) is 10.6. The van der Waals surface area contributed by atoms with Gasteiger partial charge in [0.15, 0.2) is 23.2 Å². The van der Waals surface area contributed by atoms with Gasteiger partial charge in [0.2, 0.25) is 0 Å². The van der Waals surface area contributed by atoms with Crippen LogP contribution in [0.3, 0.4) is 0 Å². The van der Waals surface area contributed by atoms with Crippen LogP contribution in [0, 0.1) is 11.8 Å². The molecule has 1 unspecified atom stereocenters. The van der Waals surface area contributed by atoms with E-state index in [1.54, 1.807) is 0 Å². The molecule has 2 saturated heterocycles. The molecule has 5 rings (SSSR count). The molecule has 0 spiro atoms. The number of piperidine rings is 1. The number of pyridine rings is 1. The first-order valence-corrected chi connectivity index (χ1v) is 16.3. The van der Waals surface area contributed by atoms with E-state index in [0.717, 1.165) is 60.3 Å². The Bertz CT molecular complexity index is 1670. The summed E-state index contributed by atoms with van der Waals surface area (Å²) < 4.78 is 41.3. The Morgan fingerprint density at radius 2 is 1.98 bits per heavy atom. The van der Waals surface area contributed by atoms with Crippen molar-refractivity contribution in [3.05, 3.63) is 47.1 Å². The Morgan fingerprint density at radius 3 is 2.66 bits per heavy atom. The normalized spacial score (nSPS) is 19.2. The number of carbonyl (C=O) groups excluding carboxylic acids is 2. The first-order valence-electron chi connectivity index (χ1n) is 14.1. The zero-order chi connectivity index (χ0) is 31.5. The molecule has 14 nitrogen and oxygen atoms in total. The lowest BCUT2D eigenvalue weighted by Crippen LogP contribution is -2.68. The fourth-order valence-corrected chi connectivity index (χ4v) is 6.33. The van der Waals surface area contributed by atoms with Crippen LogP contribution >= 0.6 is 11.3 Å². The van der Waals surface area contributed by atoms with Crippen LogP contribution in [-0.4, -0.2) is 77.2 Å². The number of thiazole rings is 1. The fraction of sp³-hybridized carbons (Fsp3) is 0.464. The molecule has 0 bridgehead atoms. The summed E-state index contributed by atoms with van der Waals surface area (Å²) in [6.45, 7) is 5.25. The van der Waals surface area contributed by atoms with E-state index in [0.29, 0.717) is 16.7 Å². The van der Waals surface area contributed by atoms with Crippen molar-refractivity contribution in [3.63, 3.8) is 0 Å². The molecule has 0 radical (unpaired) electrons. The van der Waals surface area contributed by atoms with E-state index in [-0.39, 0.29) is 36.2 Å². The van der Waals surface area contributed by atoms with Crippen molar-refractivity contribution in [3.8, 4) is 5.75 Å². The molecule has 2 fully saturated rings. The number of ketones is 1. The lowest BCUT2D eigenvalue weighted by atomic mass is 9.74. The Kier molecular flexibility index (Phi) is 9.45. The number of hydrogen-bond donors (Lipinski definition) is 3. The minimum Gasteiger partial charge on any atom is -0.490 e. The van der Waals surface area contributed by atoms with Crippen LogP contribution in [0.5, 0.6) is 5.75 Å². The Hall–Kier alpha value is -3.70. The predicted octanol–water partition coefficient (Wildman–Crippen LogP) is 2.55. The van der Waals surface area contributed by atoms with Crippen LogP contribution in [-0.2, 0) is 35.5 Å².